The van der Waals surface area contributed by atoms with Crippen LogP contribution in [0.1, 0.15) is 38.2 Å². The monoisotopic (exact) mass is 410 g/mol. The predicted octanol–water partition coefficient (Wildman–Crippen LogP) is 3.05. The maximum absolute atomic E-state index is 11.3. The van der Waals surface area contributed by atoms with Crippen molar-refractivity contribution in [2.24, 2.45) is 0 Å². The molecule has 2 aliphatic heterocycles. The molecule has 2 aromatic rings. The lowest BCUT2D eigenvalue weighted by Crippen LogP contribution is -2.37. The van der Waals surface area contributed by atoms with E-state index in [2.05, 4.69) is 33.8 Å². The summed E-state index contributed by atoms with van der Waals surface area (Å²) >= 11 is 0. The Bertz CT molecular complexity index is 852. The van der Waals surface area contributed by atoms with E-state index in [1.165, 1.54) is 5.56 Å². The number of hydrogen-bond donors (Lipinski definition) is 0. The van der Waals surface area contributed by atoms with Crippen molar-refractivity contribution >= 4 is 17.5 Å². The van der Waals surface area contributed by atoms with Gasteiger partial charge in [-0.15, -0.1) is 0 Å². The average Bonchev–Trinajstić information content (AvgIpc) is 3.23. The quantitative estimate of drug-likeness (QED) is 0.695. The van der Waals surface area contributed by atoms with Crippen molar-refractivity contribution in [2.45, 2.75) is 38.7 Å². The second-order valence-electron chi connectivity index (χ2n) is 8.17. The van der Waals surface area contributed by atoms with Crippen LogP contribution in [-0.2, 0) is 9.53 Å². The lowest BCUT2D eigenvalue weighted by Gasteiger charge is -2.27. The molecule has 0 aliphatic carbocycles. The Labute approximate surface area is 178 Å². The molecule has 1 aromatic carbocycles. The van der Waals surface area contributed by atoms with Crippen LogP contribution in [0, 0.1) is 0 Å². The highest BCUT2D eigenvalue weighted by Crippen LogP contribution is 2.26. The summed E-state index contributed by atoms with van der Waals surface area (Å²) in [6.45, 7) is 8.55. The molecule has 2 saturated heterocycles. The first kappa shape index (κ1) is 20.6. The Morgan fingerprint density at radius 1 is 1.17 bits per heavy atom. The molecule has 2 fully saturated rings. The van der Waals surface area contributed by atoms with Crippen LogP contribution >= 0.6 is 0 Å². The standard InChI is InChI=1S/C23H30N4O3/c1-17(15-18(2)28)19-3-5-20(6-4-19)30-21-8-10-27(16-21)22-7-9-24-23(25-22)26-11-13-29-14-12-26/h3-7,9,17,21H,8,10-16H2,1-2H3/t17-,21-/m1/s1. The van der Waals surface area contributed by atoms with Crippen molar-refractivity contribution in [1.29, 1.82) is 0 Å². The van der Waals surface area contributed by atoms with Crippen molar-refractivity contribution in [1.82, 2.24) is 9.97 Å². The molecule has 1 aromatic heterocycles. The molecule has 0 bridgehead atoms. The number of hydrogen-bond acceptors (Lipinski definition) is 7. The topological polar surface area (TPSA) is 67.8 Å². The molecular formula is C23H30N4O3. The van der Waals surface area contributed by atoms with Gasteiger partial charge in [0.25, 0.3) is 0 Å². The van der Waals surface area contributed by atoms with Gasteiger partial charge in [-0.3, -0.25) is 0 Å². The van der Waals surface area contributed by atoms with Crippen molar-refractivity contribution < 1.29 is 14.3 Å². The van der Waals surface area contributed by atoms with E-state index in [0.717, 1.165) is 63.3 Å². The van der Waals surface area contributed by atoms with Crippen molar-refractivity contribution in [3.63, 3.8) is 0 Å². The second kappa shape index (κ2) is 9.43. The second-order valence-corrected chi connectivity index (χ2v) is 8.17. The molecule has 30 heavy (non-hydrogen) atoms. The molecule has 0 spiro atoms. The molecule has 0 amide bonds. The van der Waals surface area contributed by atoms with E-state index in [0.29, 0.717) is 6.42 Å². The summed E-state index contributed by atoms with van der Waals surface area (Å²) in [5, 5.41) is 0. The predicted molar refractivity (Wildman–Crippen MR) is 116 cm³/mol. The SMILES string of the molecule is CC(=O)C[C@@H](C)c1ccc(O[C@@H]2CCN(c3ccnc(N4CCOCC4)n3)C2)cc1. The van der Waals surface area contributed by atoms with Gasteiger partial charge in [0.2, 0.25) is 5.95 Å². The third-order valence-corrected chi connectivity index (χ3v) is 5.74. The highest BCUT2D eigenvalue weighted by atomic mass is 16.5. The van der Waals surface area contributed by atoms with E-state index in [1.807, 2.05) is 24.4 Å². The normalized spacial score (nSPS) is 20.3. The number of Topliss-reactive ketones (excluding diaryl/α,β-unsaturated/α-hetero) is 1. The summed E-state index contributed by atoms with van der Waals surface area (Å²) < 4.78 is 11.6. The van der Waals surface area contributed by atoms with Crippen LogP contribution in [0.15, 0.2) is 36.5 Å². The van der Waals surface area contributed by atoms with E-state index < -0.39 is 0 Å². The minimum atomic E-state index is 0.132. The third kappa shape index (κ3) is 5.08. The van der Waals surface area contributed by atoms with Crippen molar-refractivity contribution in [2.75, 3.05) is 49.2 Å². The van der Waals surface area contributed by atoms with Crippen molar-refractivity contribution in [3.8, 4) is 5.75 Å². The Balaban J connectivity index is 1.34. The minimum absolute atomic E-state index is 0.132. The van der Waals surface area contributed by atoms with Crippen LogP contribution in [-0.4, -0.2) is 61.2 Å². The number of carbonyl (C=O) groups excluding carboxylic acids is 1. The number of benzene rings is 1. The lowest BCUT2D eigenvalue weighted by atomic mass is 9.96. The highest BCUT2D eigenvalue weighted by Gasteiger charge is 2.26. The minimum Gasteiger partial charge on any atom is -0.489 e. The van der Waals surface area contributed by atoms with E-state index in [4.69, 9.17) is 14.5 Å². The molecule has 3 heterocycles. The zero-order valence-electron chi connectivity index (χ0n) is 17.8. The molecule has 0 unspecified atom stereocenters. The Morgan fingerprint density at radius 3 is 2.67 bits per heavy atom. The van der Waals surface area contributed by atoms with Gasteiger partial charge >= 0.3 is 0 Å². The fourth-order valence-corrected chi connectivity index (χ4v) is 4.08. The summed E-state index contributed by atoms with van der Waals surface area (Å²) in [7, 11) is 0. The summed E-state index contributed by atoms with van der Waals surface area (Å²) in [5.74, 6) is 3.05. The highest BCUT2D eigenvalue weighted by molar-refractivity contribution is 5.76. The molecular weight excluding hydrogens is 380 g/mol. The Hall–Kier alpha value is -2.67. The lowest BCUT2D eigenvalue weighted by molar-refractivity contribution is -0.117. The summed E-state index contributed by atoms with van der Waals surface area (Å²) in [4.78, 5) is 25.0. The van der Waals surface area contributed by atoms with Gasteiger partial charge in [-0.25, -0.2) is 4.98 Å². The summed E-state index contributed by atoms with van der Waals surface area (Å²) in [5.41, 5.74) is 1.17. The summed E-state index contributed by atoms with van der Waals surface area (Å²) in [6.07, 6.45) is 3.50. The van der Waals surface area contributed by atoms with E-state index in [-0.39, 0.29) is 17.8 Å². The molecule has 0 radical (unpaired) electrons. The number of ketones is 1. The molecule has 2 atom stereocenters. The van der Waals surface area contributed by atoms with Crippen LogP contribution in [0.3, 0.4) is 0 Å². The fraction of sp³-hybridized carbons (Fsp3) is 0.522. The largest absolute Gasteiger partial charge is 0.489 e. The number of aromatic nitrogens is 2. The molecule has 2 aliphatic rings. The Kier molecular flexibility index (Phi) is 6.47. The van der Waals surface area contributed by atoms with Crippen LogP contribution in [0.2, 0.25) is 0 Å². The van der Waals surface area contributed by atoms with Gasteiger partial charge in [-0.2, -0.15) is 4.98 Å². The fourth-order valence-electron chi connectivity index (χ4n) is 4.08. The smallest absolute Gasteiger partial charge is 0.227 e. The number of ether oxygens (including phenoxy) is 2. The van der Waals surface area contributed by atoms with Crippen molar-refractivity contribution in [3.05, 3.63) is 42.1 Å². The zero-order valence-corrected chi connectivity index (χ0v) is 17.8. The molecule has 160 valence electrons. The number of morpholine rings is 1. The first-order valence-electron chi connectivity index (χ1n) is 10.8. The zero-order chi connectivity index (χ0) is 20.9. The molecule has 4 rings (SSSR count). The van der Waals surface area contributed by atoms with Crippen LogP contribution in [0.4, 0.5) is 11.8 Å². The molecule has 0 N–H and O–H groups in total. The first-order chi connectivity index (χ1) is 14.6. The van der Waals surface area contributed by atoms with E-state index in [1.54, 1.807) is 6.92 Å². The first-order valence-corrected chi connectivity index (χ1v) is 10.8. The van der Waals surface area contributed by atoms with Gasteiger partial charge in [-0.1, -0.05) is 19.1 Å². The molecule has 7 heteroatoms. The van der Waals surface area contributed by atoms with Gasteiger partial charge in [0.15, 0.2) is 0 Å². The number of carbonyl (C=O) groups is 1. The van der Waals surface area contributed by atoms with Crippen LogP contribution in [0.25, 0.3) is 0 Å². The summed E-state index contributed by atoms with van der Waals surface area (Å²) in [6, 6.07) is 10.1. The van der Waals surface area contributed by atoms with Gasteiger partial charge in [-0.05, 0) is 36.6 Å². The van der Waals surface area contributed by atoms with E-state index >= 15 is 0 Å². The number of anilines is 2. The number of nitrogens with zero attached hydrogens (tertiary/aromatic N) is 4. The van der Waals surface area contributed by atoms with Gasteiger partial charge < -0.3 is 24.1 Å². The van der Waals surface area contributed by atoms with Crippen LogP contribution in [0.5, 0.6) is 5.75 Å². The molecule has 7 nitrogen and oxygen atoms in total. The maximum Gasteiger partial charge on any atom is 0.227 e. The van der Waals surface area contributed by atoms with Gasteiger partial charge in [0.05, 0.1) is 19.8 Å². The maximum atomic E-state index is 11.3. The van der Waals surface area contributed by atoms with E-state index in [9.17, 15) is 4.79 Å². The van der Waals surface area contributed by atoms with Gasteiger partial charge in [0.1, 0.15) is 23.5 Å². The van der Waals surface area contributed by atoms with Crippen LogP contribution < -0.4 is 14.5 Å². The molecule has 0 saturated carbocycles. The number of rotatable bonds is 7. The average molecular weight is 411 g/mol. The Morgan fingerprint density at radius 2 is 1.93 bits per heavy atom. The third-order valence-electron chi connectivity index (χ3n) is 5.74. The van der Waals surface area contributed by atoms with Gasteiger partial charge in [0, 0.05) is 38.7 Å².